The predicted octanol–water partition coefficient (Wildman–Crippen LogP) is 7.02. The molecule has 2 unspecified atom stereocenters. The van der Waals surface area contributed by atoms with Crippen LogP contribution in [0.1, 0.15) is 29.7 Å². The van der Waals surface area contributed by atoms with Gasteiger partial charge < -0.3 is 10.4 Å². The molecule has 146 valence electrons. The fourth-order valence-electron chi connectivity index (χ4n) is 3.50. The zero-order chi connectivity index (χ0) is 20.2. The van der Waals surface area contributed by atoms with Gasteiger partial charge in [0.05, 0.1) is 12.1 Å². The van der Waals surface area contributed by atoms with Crippen LogP contribution in [-0.2, 0) is 0 Å². The lowest BCUT2D eigenvalue weighted by Crippen LogP contribution is -2.15. The van der Waals surface area contributed by atoms with Crippen LogP contribution in [-0.4, -0.2) is 5.11 Å². The Morgan fingerprint density at radius 2 is 1.45 bits per heavy atom. The predicted molar refractivity (Wildman–Crippen MR) is 120 cm³/mol. The second-order valence-electron chi connectivity index (χ2n) is 7.11. The maximum Gasteiger partial charge on any atom is 0.123 e. The van der Waals surface area contributed by atoms with Crippen molar-refractivity contribution in [1.29, 1.82) is 0 Å². The molecule has 0 radical (unpaired) electrons. The maximum atomic E-state index is 13.3. The van der Waals surface area contributed by atoms with E-state index in [0.717, 1.165) is 32.1 Å². The van der Waals surface area contributed by atoms with Crippen molar-refractivity contribution in [2.75, 3.05) is 5.32 Å². The van der Waals surface area contributed by atoms with Gasteiger partial charge in [-0.05, 0) is 64.4 Å². The normalized spacial score (nSPS) is 13.2. The van der Waals surface area contributed by atoms with Crippen molar-refractivity contribution in [3.05, 3.63) is 112 Å². The van der Waals surface area contributed by atoms with Crippen LogP contribution >= 0.6 is 15.9 Å². The van der Waals surface area contributed by atoms with Crippen molar-refractivity contribution in [3.8, 4) is 0 Å². The lowest BCUT2D eigenvalue weighted by molar-refractivity contribution is 0.161. The molecule has 0 spiro atoms. The van der Waals surface area contributed by atoms with Crippen molar-refractivity contribution in [3.63, 3.8) is 0 Å². The Labute approximate surface area is 178 Å². The summed E-state index contributed by atoms with van der Waals surface area (Å²) in [6.45, 7) is 0. The summed E-state index contributed by atoms with van der Waals surface area (Å²) in [6, 6.07) is 28.3. The highest BCUT2D eigenvalue weighted by Crippen LogP contribution is 2.31. The van der Waals surface area contributed by atoms with Crippen LogP contribution in [0.2, 0.25) is 0 Å². The third kappa shape index (κ3) is 4.84. The van der Waals surface area contributed by atoms with Gasteiger partial charge in [0.2, 0.25) is 0 Å². The van der Waals surface area contributed by atoms with Gasteiger partial charge in [0, 0.05) is 16.6 Å². The highest BCUT2D eigenvalue weighted by molar-refractivity contribution is 9.10. The Bertz CT molecular complexity index is 1100. The van der Waals surface area contributed by atoms with E-state index in [0.29, 0.717) is 6.42 Å². The summed E-state index contributed by atoms with van der Waals surface area (Å²) in [7, 11) is 0. The van der Waals surface area contributed by atoms with Crippen molar-refractivity contribution in [1.82, 2.24) is 0 Å². The molecule has 0 amide bonds. The number of hydrogen-bond donors (Lipinski definition) is 2. The van der Waals surface area contributed by atoms with E-state index in [4.69, 9.17) is 0 Å². The van der Waals surface area contributed by atoms with Crippen LogP contribution in [0.15, 0.2) is 95.5 Å². The number of nitrogens with one attached hydrogen (secondary N) is 1. The van der Waals surface area contributed by atoms with Gasteiger partial charge in [0.1, 0.15) is 5.82 Å². The van der Waals surface area contributed by atoms with Crippen LogP contribution in [0, 0.1) is 5.82 Å². The molecule has 0 aromatic heterocycles. The van der Waals surface area contributed by atoms with Gasteiger partial charge in [-0.3, -0.25) is 0 Å². The average molecular weight is 450 g/mol. The minimum Gasteiger partial charge on any atom is -0.388 e. The number of benzene rings is 4. The molecular formula is C25H21BrFNO. The van der Waals surface area contributed by atoms with Crippen LogP contribution in [0.4, 0.5) is 10.1 Å². The fourth-order valence-corrected chi connectivity index (χ4v) is 3.76. The van der Waals surface area contributed by atoms with E-state index in [1.165, 1.54) is 12.1 Å². The van der Waals surface area contributed by atoms with Crippen molar-refractivity contribution in [2.24, 2.45) is 0 Å². The van der Waals surface area contributed by atoms with Gasteiger partial charge in [0.25, 0.3) is 0 Å². The van der Waals surface area contributed by atoms with Gasteiger partial charge >= 0.3 is 0 Å². The number of rotatable bonds is 6. The van der Waals surface area contributed by atoms with Crippen molar-refractivity contribution >= 4 is 32.4 Å². The Kier molecular flexibility index (Phi) is 5.93. The van der Waals surface area contributed by atoms with Gasteiger partial charge in [-0.15, -0.1) is 0 Å². The fraction of sp³-hybridized carbons (Fsp3) is 0.120. The van der Waals surface area contributed by atoms with E-state index in [9.17, 15) is 9.50 Å². The molecule has 4 aromatic rings. The number of anilines is 1. The molecule has 0 aliphatic carbocycles. The molecule has 2 nitrogen and oxygen atoms in total. The number of halogens is 2. The Morgan fingerprint density at radius 1 is 0.793 bits per heavy atom. The van der Waals surface area contributed by atoms with Gasteiger partial charge in [-0.25, -0.2) is 4.39 Å². The number of aliphatic hydroxyl groups is 1. The molecule has 4 rings (SSSR count). The van der Waals surface area contributed by atoms with Gasteiger partial charge in [0.15, 0.2) is 0 Å². The third-order valence-corrected chi connectivity index (χ3v) is 5.60. The summed E-state index contributed by atoms with van der Waals surface area (Å²) in [5.74, 6) is -0.271. The molecule has 0 aliphatic heterocycles. The van der Waals surface area contributed by atoms with Crippen LogP contribution in [0.25, 0.3) is 10.8 Å². The number of hydrogen-bond acceptors (Lipinski definition) is 2. The van der Waals surface area contributed by atoms with E-state index in [1.54, 1.807) is 12.1 Å². The van der Waals surface area contributed by atoms with Crippen molar-refractivity contribution < 1.29 is 9.50 Å². The molecule has 4 heteroatoms. The minimum absolute atomic E-state index is 0.130. The summed E-state index contributed by atoms with van der Waals surface area (Å²) in [5, 5.41) is 16.7. The van der Waals surface area contributed by atoms with E-state index < -0.39 is 6.10 Å². The van der Waals surface area contributed by atoms with E-state index >= 15 is 0 Å². The summed E-state index contributed by atoms with van der Waals surface area (Å²) >= 11 is 3.47. The molecule has 0 saturated carbocycles. The van der Waals surface area contributed by atoms with Gasteiger partial charge in [-0.1, -0.05) is 64.5 Å². The highest BCUT2D eigenvalue weighted by atomic mass is 79.9. The Morgan fingerprint density at radius 3 is 2.17 bits per heavy atom. The summed E-state index contributed by atoms with van der Waals surface area (Å²) in [6.07, 6.45) is -0.154. The smallest absolute Gasteiger partial charge is 0.123 e. The maximum absolute atomic E-state index is 13.3. The molecule has 4 aromatic carbocycles. The third-order valence-electron chi connectivity index (χ3n) is 5.07. The molecule has 29 heavy (non-hydrogen) atoms. The Balaban J connectivity index is 1.60. The zero-order valence-corrected chi connectivity index (χ0v) is 17.3. The standard InChI is InChI=1S/C25H21BrFNO/c26-21-9-7-18(8-10-21)24(28-23-13-11-22(27)12-14-23)16-25(29)20-6-5-17-3-1-2-4-19(17)15-20/h1-15,24-25,28-29H,16H2. The number of aliphatic hydroxyl groups excluding tert-OH is 1. The van der Waals surface area contributed by atoms with Crippen LogP contribution < -0.4 is 5.32 Å². The quantitative estimate of drug-likeness (QED) is 0.331. The zero-order valence-electron chi connectivity index (χ0n) is 15.7. The van der Waals surface area contributed by atoms with Crippen LogP contribution in [0.3, 0.4) is 0 Å². The molecule has 2 N–H and O–H groups in total. The SMILES string of the molecule is OC(CC(Nc1ccc(F)cc1)c1ccc(Br)cc1)c1ccc2ccccc2c1. The van der Waals surface area contributed by atoms with Crippen molar-refractivity contribution in [2.45, 2.75) is 18.6 Å². The minimum atomic E-state index is -0.638. The average Bonchev–Trinajstić information content (AvgIpc) is 2.75. The first-order chi connectivity index (χ1) is 14.1. The largest absolute Gasteiger partial charge is 0.388 e. The van der Waals surface area contributed by atoms with E-state index in [-0.39, 0.29) is 11.9 Å². The lowest BCUT2D eigenvalue weighted by Gasteiger charge is -2.24. The molecule has 0 bridgehead atoms. The lowest BCUT2D eigenvalue weighted by atomic mass is 9.95. The van der Waals surface area contributed by atoms with Crippen LogP contribution in [0.5, 0.6) is 0 Å². The first kappa shape index (κ1) is 19.6. The van der Waals surface area contributed by atoms with E-state index in [2.05, 4.69) is 33.4 Å². The van der Waals surface area contributed by atoms with E-state index in [1.807, 2.05) is 54.6 Å². The molecule has 0 heterocycles. The first-order valence-corrected chi connectivity index (χ1v) is 10.3. The first-order valence-electron chi connectivity index (χ1n) is 9.53. The monoisotopic (exact) mass is 449 g/mol. The molecule has 0 saturated heterocycles. The number of fused-ring (bicyclic) bond motifs is 1. The van der Waals surface area contributed by atoms with Gasteiger partial charge in [-0.2, -0.15) is 0 Å². The highest BCUT2D eigenvalue weighted by Gasteiger charge is 2.18. The topological polar surface area (TPSA) is 32.3 Å². The summed E-state index contributed by atoms with van der Waals surface area (Å²) in [5.41, 5.74) is 2.74. The molecule has 2 atom stereocenters. The second-order valence-corrected chi connectivity index (χ2v) is 8.03. The molecule has 0 aliphatic rings. The Hall–Kier alpha value is -2.69. The summed E-state index contributed by atoms with van der Waals surface area (Å²) in [4.78, 5) is 0. The molecule has 0 fully saturated rings. The second kappa shape index (κ2) is 8.76. The summed E-state index contributed by atoms with van der Waals surface area (Å²) < 4.78 is 14.3. The molecular weight excluding hydrogens is 429 g/mol.